The maximum Gasteiger partial charge on any atom is 0.125 e. The largest absolute Gasteiger partial charge is 0.490 e. The van der Waals surface area contributed by atoms with Crippen LogP contribution in [0.1, 0.15) is 24.2 Å². The van der Waals surface area contributed by atoms with Crippen LogP contribution < -0.4 is 4.74 Å². The summed E-state index contributed by atoms with van der Waals surface area (Å²) in [4.78, 5) is 0. The lowest BCUT2D eigenvalue weighted by molar-refractivity contribution is 0.0523. The molecule has 0 heterocycles. The van der Waals surface area contributed by atoms with Gasteiger partial charge in [0.1, 0.15) is 18.5 Å². The van der Waals surface area contributed by atoms with Crippen LogP contribution in [0.15, 0.2) is 18.2 Å². The Morgan fingerprint density at radius 1 is 1.31 bits per heavy atom. The lowest BCUT2D eigenvalue weighted by Crippen LogP contribution is -2.21. The minimum absolute atomic E-state index is 0.0136. The van der Waals surface area contributed by atoms with Gasteiger partial charge in [0.2, 0.25) is 0 Å². The van der Waals surface area contributed by atoms with E-state index >= 15 is 0 Å². The third-order valence-corrected chi connectivity index (χ3v) is 2.26. The molecule has 0 bridgehead atoms. The minimum atomic E-state index is -0.901. The number of hydrogen-bond donors (Lipinski definition) is 3. The Balaban J connectivity index is 2.80. The normalized spacial score (nSPS) is 14.6. The molecule has 0 fully saturated rings. The number of rotatable bonds is 5. The standard InChI is InChI=1S/C12H18O4/c1-8-3-4-11(9(2)14)12(5-8)16-7-10(15)6-13/h3-5,9-10,13-15H,6-7H2,1-2H3. The molecule has 0 aliphatic rings. The molecule has 1 aromatic rings. The number of hydrogen-bond acceptors (Lipinski definition) is 4. The van der Waals surface area contributed by atoms with Crippen molar-refractivity contribution in [3.05, 3.63) is 29.3 Å². The fraction of sp³-hybridized carbons (Fsp3) is 0.500. The lowest BCUT2D eigenvalue weighted by atomic mass is 10.1. The van der Waals surface area contributed by atoms with Crippen LogP contribution in [0.4, 0.5) is 0 Å². The van der Waals surface area contributed by atoms with E-state index in [4.69, 9.17) is 9.84 Å². The van der Waals surface area contributed by atoms with Gasteiger partial charge in [-0.05, 0) is 25.5 Å². The summed E-state index contributed by atoms with van der Waals surface area (Å²) in [6, 6.07) is 5.48. The molecular formula is C12H18O4. The van der Waals surface area contributed by atoms with Crippen LogP contribution in [0.3, 0.4) is 0 Å². The van der Waals surface area contributed by atoms with Crippen molar-refractivity contribution in [1.29, 1.82) is 0 Å². The predicted octanol–water partition coefficient (Wildman–Crippen LogP) is 0.780. The van der Waals surface area contributed by atoms with Crippen LogP contribution in [0, 0.1) is 6.92 Å². The van der Waals surface area contributed by atoms with E-state index in [1.54, 1.807) is 19.1 Å². The highest BCUT2D eigenvalue weighted by Crippen LogP contribution is 2.26. The van der Waals surface area contributed by atoms with Gasteiger partial charge in [-0.1, -0.05) is 12.1 Å². The van der Waals surface area contributed by atoms with Gasteiger partial charge in [-0.25, -0.2) is 0 Å². The summed E-state index contributed by atoms with van der Waals surface area (Å²) in [5.74, 6) is 0.544. The SMILES string of the molecule is Cc1ccc(C(C)O)c(OCC(O)CO)c1. The van der Waals surface area contributed by atoms with Crippen molar-refractivity contribution in [2.45, 2.75) is 26.1 Å². The van der Waals surface area contributed by atoms with Crippen LogP contribution in [0.2, 0.25) is 0 Å². The average molecular weight is 226 g/mol. The van der Waals surface area contributed by atoms with Crippen LogP contribution in [-0.4, -0.2) is 34.6 Å². The summed E-state index contributed by atoms with van der Waals surface area (Å²) >= 11 is 0. The maximum absolute atomic E-state index is 9.53. The monoisotopic (exact) mass is 226 g/mol. The topological polar surface area (TPSA) is 69.9 Å². The number of aliphatic hydroxyl groups is 3. The Bertz CT molecular complexity index is 336. The molecule has 0 aliphatic heterocycles. The zero-order chi connectivity index (χ0) is 12.1. The van der Waals surface area contributed by atoms with Gasteiger partial charge >= 0.3 is 0 Å². The van der Waals surface area contributed by atoms with Crippen molar-refractivity contribution in [2.24, 2.45) is 0 Å². The van der Waals surface area contributed by atoms with Gasteiger partial charge in [0, 0.05) is 5.56 Å². The van der Waals surface area contributed by atoms with Crippen molar-refractivity contribution in [1.82, 2.24) is 0 Å². The first-order valence-electron chi connectivity index (χ1n) is 5.25. The molecule has 90 valence electrons. The Kier molecular flexibility index (Phi) is 4.73. The Labute approximate surface area is 95.1 Å². The number of aliphatic hydroxyl groups excluding tert-OH is 3. The van der Waals surface area contributed by atoms with E-state index in [1.807, 2.05) is 13.0 Å². The average Bonchev–Trinajstić information content (AvgIpc) is 2.25. The first-order valence-corrected chi connectivity index (χ1v) is 5.25. The number of aryl methyl sites for hydroxylation is 1. The quantitative estimate of drug-likeness (QED) is 0.694. The highest BCUT2D eigenvalue weighted by Gasteiger charge is 2.11. The van der Waals surface area contributed by atoms with E-state index < -0.39 is 12.2 Å². The van der Waals surface area contributed by atoms with Crippen molar-refractivity contribution in [3.8, 4) is 5.75 Å². The van der Waals surface area contributed by atoms with E-state index in [1.165, 1.54) is 0 Å². The molecule has 0 saturated carbocycles. The fourth-order valence-electron chi connectivity index (χ4n) is 1.35. The fourth-order valence-corrected chi connectivity index (χ4v) is 1.35. The second-order valence-corrected chi connectivity index (χ2v) is 3.86. The molecule has 4 nitrogen and oxygen atoms in total. The maximum atomic E-state index is 9.53. The zero-order valence-electron chi connectivity index (χ0n) is 9.55. The third kappa shape index (κ3) is 3.48. The Hall–Kier alpha value is -1.10. The van der Waals surface area contributed by atoms with Gasteiger partial charge in [-0.2, -0.15) is 0 Å². The molecule has 2 unspecified atom stereocenters. The van der Waals surface area contributed by atoms with Gasteiger partial charge in [0.25, 0.3) is 0 Å². The van der Waals surface area contributed by atoms with Gasteiger partial charge in [0.05, 0.1) is 12.7 Å². The van der Waals surface area contributed by atoms with Crippen molar-refractivity contribution >= 4 is 0 Å². The highest BCUT2D eigenvalue weighted by molar-refractivity contribution is 5.38. The lowest BCUT2D eigenvalue weighted by Gasteiger charge is -2.15. The van der Waals surface area contributed by atoms with E-state index in [9.17, 15) is 10.2 Å². The third-order valence-electron chi connectivity index (χ3n) is 2.26. The number of benzene rings is 1. The minimum Gasteiger partial charge on any atom is -0.490 e. The van der Waals surface area contributed by atoms with Gasteiger partial charge < -0.3 is 20.1 Å². The molecule has 1 aromatic carbocycles. The van der Waals surface area contributed by atoms with Gasteiger partial charge in [0.15, 0.2) is 0 Å². The summed E-state index contributed by atoms with van der Waals surface area (Å²) in [5.41, 5.74) is 1.69. The summed E-state index contributed by atoms with van der Waals surface area (Å²) in [5, 5.41) is 27.4. The van der Waals surface area contributed by atoms with Crippen LogP contribution >= 0.6 is 0 Å². The van der Waals surface area contributed by atoms with E-state index in [0.29, 0.717) is 11.3 Å². The molecule has 0 aliphatic carbocycles. The van der Waals surface area contributed by atoms with E-state index in [2.05, 4.69) is 0 Å². The van der Waals surface area contributed by atoms with E-state index in [-0.39, 0.29) is 13.2 Å². The van der Waals surface area contributed by atoms with Crippen LogP contribution in [-0.2, 0) is 0 Å². The van der Waals surface area contributed by atoms with Crippen LogP contribution in [0.25, 0.3) is 0 Å². The van der Waals surface area contributed by atoms with E-state index in [0.717, 1.165) is 5.56 Å². The molecule has 0 spiro atoms. The summed E-state index contributed by atoms with van der Waals surface area (Å²) < 4.78 is 5.36. The molecule has 3 N–H and O–H groups in total. The molecular weight excluding hydrogens is 208 g/mol. The van der Waals surface area contributed by atoms with Crippen LogP contribution in [0.5, 0.6) is 5.75 Å². The first kappa shape index (κ1) is 13.0. The predicted molar refractivity (Wildman–Crippen MR) is 60.4 cm³/mol. The molecule has 0 radical (unpaired) electrons. The molecule has 1 rings (SSSR count). The Morgan fingerprint density at radius 3 is 2.56 bits per heavy atom. The summed E-state index contributed by atoms with van der Waals surface area (Å²) in [6.45, 7) is 3.25. The smallest absolute Gasteiger partial charge is 0.125 e. The molecule has 2 atom stereocenters. The number of ether oxygens (including phenoxy) is 1. The van der Waals surface area contributed by atoms with Crippen molar-refractivity contribution in [2.75, 3.05) is 13.2 Å². The molecule has 0 aromatic heterocycles. The second kappa shape index (κ2) is 5.84. The second-order valence-electron chi connectivity index (χ2n) is 3.86. The molecule has 4 heteroatoms. The molecule has 16 heavy (non-hydrogen) atoms. The van der Waals surface area contributed by atoms with Gasteiger partial charge in [-0.3, -0.25) is 0 Å². The Morgan fingerprint density at radius 2 is 2.00 bits per heavy atom. The van der Waals surface area contributed by atoms with Crippen molar-refractivity contribution < 1.29 is 20.1 Å². The first-order chi connectivity index (χ1) is 7.54. The summed E-state index contributed by atoms with van der Waals surface area (Å²) in [6.07, 6.45) is -1.52. The molecule has 0 saturated heterocycles. The van der Waals surface area contributed by atoms with Crippen molar-refractivity contribution in [3.63, 3.8) is 0 Å². The highest BCUT2D eigenvalue weighted by atomic mass is 16.5. The molecule has 0 amide bonds. The summed E-state index contributed by atoms with van der Waals surface area (Å²) in [7, 11) is 0. The zero-order valence-corrected chi connectivity index (χ0v) is 9.55. The van der Waals surface area contributed by atoms with Gasteiger partial charge in [-0.15, -0.1) is 0 Å².